The minimum absolute atomic E-state index is 0.000719. The number of nitrogens with zero attached hydrogens (tertiary/aromatic N) is 2. The molecule has 0 saturated carbocycles. The van der Waals surface area contributed by atoms with E-state index in [-0.39, 0.29) is 36.2 Å². The highest BCUT2D eigenvalue weighted by molar-refractivity contribution is 5.96. The number of ether oxygens (including phenoxy) is 1. The lowest BCUT2D eigenvalue weighted by atomic mass is 9.89. The Morgan fingerprint density at radius 2 is 2.12 bits per heavy atom. The van der Waals surface area contributed by atoms with Crippen LogP contribution in [-0.2, 0) is 5.54 Å². The van der Waals surface area contributed by atoms with Crippen molar-refractivity contribution in [2.75, 3.05) is 18.5 Å². The number of fused-ring (bicyclic) bond motifs is 1. The smallest absolute Gasteiger partial charge is 0.345 e. The SMILES string of the molecule is CC1(C)CC(c2ccccc2)Nc2c(C(=O)O)c(OCCO)nn21. The highest BCUT2D eigenvalue weighted by Crippen LogP contribution is 2.42. The zero-order valence-electron chi connectivity index (χ0n) is 13.7. The van der Waals surface area contributed by atoms with Gasteiger partial charge in [0.25, 0.3) is 0 Å². The summed E-state index contributed by atoms with van der Waals surface area (Å²) in [6, 6.07) is 9.89. The first-order chi connectivity index (χ1) is 11.4. The third-order valence-electron chi connectivity index (χ3n) is 4.19. The van der Waals surface area contributed by atoms with E-state index in [1.165, 1.54) is 0 Å². The van der Waals surface area contributed by atoms with Crippen LogP contribution in [0.3, 0.4) is 0 Å². The Morgan fingerprint density at radius 1 is 1.42 bits per heavy atom. The molecule has 2 aromatic rings. The third kappa shape index (κ3) is 2.82. The number of carboxylic acid groups (broad SMARTS) is 1. The van der Waals surface area contributed by atoms with Crippen molar-refractivity contribution in [3.8, 4) is 5.88 Å². The first kappa shape index (κ1) is 16.3. The van der Waals surface area contributed by atoms with E-state index in [1.54, 1.807) is 4.68 Å². The van der Waals surface area contributed by atoms with Gasteiger partial charge >= 0.3 is 5.97 Å². The molecular weight excluding hydrogens is 310 g/mol. The highest BCUT2D eigenvalue weighted by Gasteiger charge is 2.39. The maximum atomic E-state index is 11.7. The van der Waals surface area contributed by atoms with Gasteiger partial charge in [0, 0.05) is 0 Å². The maximum Gasteiger partial charge on any atom is 0.345 e. The van der Waals surface area contributed by atoms with Crippen molar-refractivity contribution in [1.82, 2.24) is 9.78 Å². The molecule has 1 atom stereocenters. The summed E-state index contributed by atoms with van der Waals surface area (Å²) in [5, 5.41) is 26.2. The molecule has 1 unspecified atom stereocenters. The number of benzene rings is 1. The van der Waals surface area contributed by atoms with Crippen LogP contribution in [0.4, 0.5) is 5.82 Å². The van der Waals surface area contributed by atoms with Gasteiger partial charge < -0.3 is 20.3 Å². The number of nitrogens with one attached hydrogen (secondary N) is 1. The molecule has 1 aliphatic heterocycles. The van der Waals surface area contributed by atoms with Crippen LogP contribution in [-0.4, -0.2) is 39.2 Å². The van der Waals surface area contributed by atoms with E-state index in [2.05, 4.69) is 10.4 Å². The summed E-state index contributed by atoms with van der Waals surface area (Å²) in [5.41, 5.74) is 0.705. The number of anilines is 1. The standard InChI is InChI=1S/C17H21N3O4/c1-17(2)10-12(11-6-4-3-5-7-11)18-14-13(16(22)23)15(19-20(14)17)24-9-8-21/h3-7,12,18,21H,8-10H2,1-2H3,(H,22,23). The Hall–Kier alpha value is -2.54. The van der Waals surface area contributed by atoms with Gasteiger partial charge in [-0.15, -0.1) is 5.10 Å². The topological polar surface area (TPSA) is 96.6 Å². The second-order valence-electron chi connectivity index (χ2n) is 6.44. The Morgan fingerprint density at radius 3 is 2.75 bits per heavy atom. The van der Waals surface area contributed by atoms with Crippen molar-refractivity contribution >= 4 is 11.8 Å². The van der Waals surface area contributed by atoms with Gasteiger partial charge in [0.1, 0.15) is 12.4 Å². The van der Waals surface area contributed by atoms with Crippen molar-refractivity contribution < 1.29 is 19.7 Å². The molecule has 1 aliphatic rings. The molecule has 0 fully saturated rings. The van der Waals surface area contributed by atoms with Crippen LogP contribution in [0.5, 0.6) is 5.88 Å². The van der Waals surface area contributed by atoms with Gasteiger partial charge in [-0.1, -0.05) is 30.3 Å². The molecule has 0 spiro atoms. The molecule has 24 heavy (non-hydrogen) atoms. The molecule has 3 rings (SSSR count). The lowest BCUT2D eigenvalue weighted by molar-refractivity contribution is 0.0691. The number of aliphatic hydroxyl groups is 1. The second-order valence-corrected chi connectivity index (χ2v) is 6.44. The summed E-state index contributed by atoms with van der Waals surface area (Å²) >= 11 is 0. The maximum absolute atomic E-state index is 11.7. The molecule has 0 bridgehead atoms. The van der Waals surface area contributed by atoms with E-state index < -0.39 is 5.97 Å². The molecule has 2 heterocycles. The molecule has 3 N–H and O–H groups in total. The minimum Gasteiger partial charge on any atom is -0.477 e. The number of hydrogen-bond acceptors (Lipinski definition) is 5. The van der Waals surface area contributed by atoms with Gasteiger partial charge in [-0.2, -0.15) is 0 Å². The predicted octanol–water partition coefficient (Wildman–Crippen LogP) is 2.24. The van der Waals surface area contributed by atoms with Crippen LogP contribution in [0.1, 0.15) is 42.2 Å². The first-order valence-corrected chi connectivity index (χ1v) is 7.86. The van der Waals surface area contributed by atoms with Gasteiger partial charge in [-0.25, -0.2) is 9.48 Å². The second kappa shape index (κ2) is 6.16. The van der Waals surface area contributed by atoms with E-state index >= 15 is 0 Å². The molecule has 128 valence electrons. The predicted molar refractivity (Wildman–Crippen MR) is 88.5 cm³/mol. The van der Waals surface area contributed by atoms with Gasteiger partial charge in [0.05, 0.1) is 18.2 Å². The van der Waals surface area contributed by atoms with Crippen LogP contribution < -0.4 is 10.1 Å². The normalized spacial score (nSPS) is 18.5. The highest BCUT2D eigenvalue weighted by atomic mass is 16.5. The van der Waals surface area contributed by atoms with E-state index in [0.29, 0.717) is 5.82 Å². The van der Waals surface area contributed by atoms with Crippen LogP contribution in [0.25, 0.3) is 0 Å². The number of carbonyl (C=O) groups is 1. The number of hydrogen-bond donors (Lipinski definition) is 3. The van der Waals surface area contributed by atoms with Gasteiger partial charge in [-0.3, -0.25) is 0 Å². The molecule has 0 amide bonds. The summed E-state index contributed by atoms with van der Waals surface area (Å²) in [5.74, 6) is -0.650. The summed E-state index contributed by atoms with van der Waals surface area (Å²) in [6.07, 6.45) is 0.754. The van der Waals surface area contributed by atoms with Crippen LogP contribution in [0.15, 0.2) is 30.3 Å². The summed E-state index contributed by atoms with van der Waals surface area (Å²) < 4.78 is 7.00. The van der Waals surface area contributed by atoms with E-state index in [4.69, 9.17) is 9.84 Å². The molecule has 7 heteroatoms. The molecular formula is C17H21N3O4. The van der Waals surface area contributed by atoms with Crippen molar-refractivity contribution in [2.45, 2.75) is 31.8 Å². The minimum atomic E-state index is -1.11. The van der Waals surface area contributed by atoms with Crippen molar-refractivity contribution in [1.29, 1.82) is 0 Å². The fraction of sp³-hybridized carbons (Fsp3) is 0.412. The average Bonchev–Trinajstić information content (AvgIpc) is 2.93. The molecule has 7 nitrogen and oxygen atoms in total. The lowest BCUT2D eigenvalue weighted by Gasteiger charge is -2.38. The molecule has 1 aromatic carbocycles. The van der Waals surface area contributed by atoms with E-state index in [9.17, 15) is 9.90 Å². The fourth-order valence-corrected chi connectivity index (χ4v) is 3.09. The fourth-order valence-electron chi connectivity index (χ4n) is 3.09. The third-order valence-corrected chi connectivity index (χ3v) is 4.19. The molecule has 0 aliphatic carbocycles. The number of rotatable bonds is 5. The van der Waals surface area contributed by atoms with Crippen LogP contribution >= 0.6 is 0 Å². The zero-order valence-corrected chi connectivity index (χ0v) is 13.7. The molecule has 0 radical (unpaired) electrons. The van der Waals surface area contributed by atoms with Crippen molar-refractivity contribution in [2.24, 2.45) is 0 Å². The Kier molecular flexibility index (Phi) is 4.19. The van der Waals surface area contributed by atoms with Crippen LogP contribution in [0, 0.1) is 0 Å². The molecule has 0 saturated heterocycles. The summed E-state index contributed by atoms with van der Waals surface area (Å²) in [6.45, 7) is 3.83. The molecule has 1 aromatic heterocycles. The number of aromatic nitrogens is 2. The number of aromatic carboxylic acids is 1. The van der Waals surface area contributed by atoms with E-state index in [1.807, 2.05) is 44.2 Å². The van der Waals surface area contributed by atoms with Crippen molar-refractivity contribution in [3.05, 3.63) is 41.5 Å². The van der Waals surface area contributed by atoms with Crippen molar-refractivity contribution in [3.63, 3.8) is 0 Å². The van der Waals surface area contributed by atoms with Gasteiger partial charge in [-0.05, 0) is 25.8 Å². The van der Waals surface area contributed by atoms with Gasteiger partial charge in [0.2, 0.25) is 5.88 Å². The Balaban J connectivity index is 2.06. The quantitative estimate of drug-likeness (QED) is 0.777. The van der Waals surface area contributed by atoms with Crippen LogP contribution in [0.2, 0.25) is 0 Å². The largest absolute Gasteiger partial charge is 0.477 e. The number of aliphatic hydroxyl groups excluding tert-OH is 1. The zero-order chi connectivity index (χ0) is 17.3. The summed E-state index contributed by atoms with van der Waals surface area (Å²) in [4.78, 5) is 11.7. The van der Waals surface area contributed by atoms with Gasteiger partial charge in [0.15, 0.2) is 5.56 Å². The first-order valence-electron chi connectivity index (χ1n) is 7.86. The lowest BCUT2D eigenvalue weighted by Crippen LogP contribution is -2.38. The summed E-state index contributed by atoms with van der Waals surface area (Å²) in [7, 11) is 0. The average molecular weight is 331 g/mol. The Bertz CT molecular complexity index is 740. The monoisotopic (exact) mass is 331 g/mol. The number of carboxylic acids is 1. The van der Waals surface area contributed by atoms with E-state index in [0.717, 1.165) is 12.0 Å². The Labute approximate surface area is 139 Å².